The number of hydrogen-bond acceptors (Lipinski definition) is 3. The largest absolute Gasteiger partial charge is 0.481 e. The molecule has 4 nitrogen and oxygen atoms in total. The Morgan fingerprint density at radius 3 is 2.72 bits per heavy atom. The van der Waals surface area contributed by atoms with Crippen LogP contribution in [0.25, 0.3) is 0 Å². The van der Waals surface area contributed by atoms with Gasteiger partial charge < -0.3 is 9.67 Å². The summed E-state index contributed by atoms with van der Waals surface area (Å²) in [6, 6.07) is 0.506. The highest BCUT2D eigenvalue weighted by atomic mass is 32.2. The van der Waals surface area contributed by atoms with Crippen molar-refractivity contribution in [1.82, 2.24) is 9.55 Å². The van der Waals surface area contributed by atoms with Crippen molar-refractivity contribution in [2.45, 2.75) is 56.6 Å². The minimum absolute atomic E-state index is 0.0865. The number of aliphatic carboxylic acids is 1. The highest BCUT2D eigenvalue weighted by molar-refractivity contribution is 7.99. The topological polar surface area (TPSA) is 55.1 Å². The number of imidazole rings is 1. The third kappa shape index (κ3) is 3.28. The molecule has 0 atom stereocenters. The van der Waals surface area contributed by atoms with Gasteiger partial charge in [-0.05, 0) is 19.8 Å². The third-order valence-electron chi connectivity index (χ3n) is 3.46. The van der Waals surface area contributed by atoms with Gasteiger partial charge in [-0.25, -0.2) is 4.98 Å². The smallest absolute Gasteiger partial charge is 0.313 e. The summed E-state index contributed by atoms with van der Waals surface area (Å²) in [5.41, 5.74) is 1.15. The van der Waals surface area contributed by atoms with E-state index in [1.165, 1.54) is 50.3 Å². The number of thioether (sulfide) groups is 1. The maximum absolute atomic E-state index is 10.7. The molecule has 1 aliphatic rings. The van der Waals surface area contributed by atoms with E-state index in [-0.39, 0.29) is 5.75 Å². The average Bonchev–Trinajstić information content (AvgIpc) is 2.55. The van der Waals surface area contributed by atoms with Crippen LogP contribution in [0.5, 0.6) is 0 Å². The summed E-state index contributed by atoms with van der Waals surface area (Å²) in [7, 11) is 0. The van der Waals surface area contributed by atoms with Crippen molar-refractivity contribution < 1.29 is 9.90 Å². The maximum Gasteiger partial charge on any atom is 0.313 e. The molecule has 0 spiro atoms. The van der Waals surface area contributed by atoms with Crippen molar-refractivity contribution in [3.05, 3.63) is 11.9 Å². The fourth-order valence-corrected chi connectivity index (χ4v) is 3.43. The molecule has 0 unspecified atom stereocenters. The molecule has 1 saturated carbocycles. The van der Waals surface area contributed by atoms with Crippen LogP contribution in [0.3, 0.4) is 0 Å². The van der Waals surface area contributed by atoms with Gasteiger partial charge in [-0.3, -0.25) is 4.79 Å². The van der Waals surface area contributed by atoms with E-state index >= 15 is 0 Å². The predicted octanol–water partition coefficient (Wildman–Crippen LogP) is 3.26. The Morgan fingerprint density at radius 2 is 2.11 bits per heavy atom. The van der Waals surface area contributed by atoms with Crippen LogP contribution in [-0.4, -0.2) is 26.4 Å². The fraction of sp³-hybridized carbons (Fsp3) is 0.692. The Balaban J connectivity index is 2.13. The van der Waals surface area contributed by atoms with E-state index in [0.717, 1.165) is 10.9 Å². The summed E-state index contributed by atoms with van der Waals surface area (Å²) in [5.74, 6) is -0.698. The highest BCUT2D eigenvalue weighted by Gasteiger charge is 2.19. The van der Waals surface area contributed by atoms with E-state index in [4.69, 9.17) is 5.11 Å². The predicted molar refractivity (Wildman–Crippen MR) is 72.1 cm³/mol. The lowest BCUT2D eigenvalue weighted by atomic mass is 10.1. The molecule has 1 aromatic rings. The Hall–Kier alpha value is -0.970. The molecular formula is C13H20N2O2S. The molecule has 1 N–H and O–H groups in total. The number of carboxylic acid groups (broad SMARTS) is 1. The molecule has 18 heavy (non-hydrogen) atoms. The Morgan fingerprint density at radius 1 is 1.44 bits per heavy atom. The Labute approximate surface area is 112 Å². The third-order valence-corrected chi connectivity index (χ3v) is 4.41. The van der Waals surface area contributed by atoms with E-state index in [2.05, 4.69) is 16.5 Å². The molecule has 1 heterocycles. The van der Waals surface area contributed by atoms with Gasteiger partial charge >= 0.3 is 5.97 Å². The van der Waals surface area contributed by atoms with Gasteiger partial charge in [0.2, 0.25) is 0 Å². The Kier molecular flexibility index (Phi) is 4.69. The van der Waals surface area contributed by atoms with Crippen LogP contribution in [0, 0.1) is 6.92 Å². The van der Waals surface area contributed by atoms with E-state index < -0.39 is 5.97 Å². The molecule has 0 radical (unpaired) electrons. The first-order valence-electron chi connectivity index (χ1n) is 6.57. The summed E-state index contributed by atoms with van der Waals surface area (Å²) >= 11 is 1.33. The van der Waals surface area contributed by atoms with Gasteiger partial charge in [0, 0.05) is 17.9 Å². The summed E-state index contributed by atoms with van der Waals surface area (Å²) < 4.78 is 2.25. The zero-order valence-electron chi connectivity index (χ0n) is 10.8. The van der Waals surface area contributed by atoms with Crippen LogP contribution in [0.2, 0.25) is 0 Å². The van der Waals surface area contributed by atoms with Crippen molar-refractivity contribution in [3.8, 4) is 0 Å². The minimum atomic E-state index is -0.784. The monoisotopic (exact) mass is 268 g/mol. The normalized spacial score (nSPS) is 17.6. The standard InChI is InChI=1S/C13H20N2O2S/c1-10-8-14-13(18-9-12(16)17)15(10)11-6-4-2-3-5-7-11/h8,11H,2-7,9H2,1H3,(H,16,17). The number of carboxylic acids is 1. The molecule has 0 bridgehead atoms. The summed E-state index contributed by atoms with van der Waals surface area (Å²) in [4.78, 5) is 15.0. The van der Waals surface area contributed by atoms with E-state index in [9.17, 15) is 4.79 Å². The molecule has 0 amide bonds. The SMILES string of the molecule is Cc1cnc(SCC(=O)O)n1C1CCCCCC1. The van der Waals surface area contributed by atoms with Crippen LogP contribution >= 0.6 is 11.8 Å². The molecule has 0 aliphatic heterocycles. The van der Waals surface area contributed by atoms with E-state index in [1.807, 2.05) is 6.20 Å². The highest BCUT2D eigenvalue weighted by Crippen LogP contribution is 2.32. The molecule has 100 valence electrons. The quantitative estimate of drug-likeness (QED) is 0.672. The molecule has 1 aromatic heterocycles. The van der Waals surface area contributed by atoms with Crippen molar-refractivity contribution in [2.75, 3.05) is 5.75 Å². The lowest BCUT2D eigenvalue weighted by molar-refractivity contribution is -0.133. The molecule has 1 aliphatic carbocycles. The summed E-state index contributed by atoms with van der Waals surface area (Å²) in [6.07, 6.45) is 9.42. The minimum Gasteiger partial charge on any atom is -0.481 e. The molecule has 2 rings (SSSR count). The van der Waals surface area contributed by atoms with Crippen LogP contribution in [0.4, 0.5) is 0 Å². The number of nitrogens with zero attached hydrogens (tertiary/aromatic N) is 2. The number of rotatable bonds is 4. The lowest BCUT2D eigenvalue weighted by Gasteiger charge is -2.20. The number of hydrogen-bond donors (Lipinski definition) is 1. The first kappa shape index (κ1) is 13.5. The van der Waals surface area contributed by atoms with Crippen LogP contribution in [0.1, 0.15) is 50.3 Å². The summed E-state index contributed by atoms with van der Waals surface area (Å²) in [5, 5.41) is 9.63. The van der Waals surface area contributed by atoms with Gasteiger partial charge in [0.1, 0.15) is 0 Å². The van der Waals surface area contributed by atoms with Gasteiger partial charge in [0.15, 0.2) is 5.16 Å². The first-order chi connectivity index (χ1) is 8.68. The molecule has 5 heteroatoms. The zero-order chi connectivity index (χ0) is 13.0. The fourth-order valence-electron chi connectivity index (χ4n) is 2.62. The van der Waals surface area contributed by atoms with Gasteiger partial charge in [-0.2, -0.15) is 0 Å². The second-order valence-corrected chi connectivity index (χ2v) is 5.82. The second-order valence-electron chi connectivity index (χ2n) is 4.88. The van der Waals surface area contributed by atoms with Crippen LogP contribution < -0.4 is 0 Å². The zero-order valence-corrected chi connectivity index (χ0v) is 11.6. The number of carbonyl (C=O) groups is 1. The van der Waals surface area contributed by atoms with Gasteiger partial charge in [-0.1, -0.05) is 37.4 Å². The van der Waals surface area contributed by atoms with Gasteiger partial charge in [0.25, 0.3) is 0 Å². The molecule has 0 saturated heterocycles. The summed E-state index contributed by atoms with van der Waals surface area (Å²) in [6.45, 7) is 2.06. The van der Waals surface area contributed by atoms with E-state index in [0.29, 0.717) is 6.04 Å². The molecule has 0 aromatic carbocycles. The van der Waals surface area contributed by atoms with Crippen molar-refractivity contribution in [3.63, 3.8) is 0 Å². The first-order valence-corrected chi connectivity index (χ1v) is 7.55. The van der Waals surface area contributed by atoms with Gasteiger partial charge in [-0.15, -0.1) is 0 Å². The number of aromatic nitrogens is 2. The average molecular weight is 268 g/mol. The van der Waals surface area contributed by atoms with Gasteiger partial charge in [0.05, 0.1) is 5.75 Å². The van der Waals surface area contributed by atoms with Crippen molar-refractivity contribution in [2.24, 2.45) is 0 Å². The second kappa shape index (κ2) is 6.27. The molecule has 1 fully saturated rings. The molecular weight excluding hydrogens is 248 g/mol. The van der Waals surface area contributed by atoms with Crippen LogP contribution in [0.15, 0.2) is 11.4 Å². The Bertz CT molecular complexity index is 409. The van der Waals surface area contributed by atoms with E-state index in [1.54, 1.807) is 0 Å². The van der Waals surface area contributed by atoms with Crippen molar-refractivity contribution in [1.29, 1.82) is 0 Å². The van der Waals surface area contributed by atoms with Crippen LogP contribution in [-0.2, 0) is 4.79 Å². The lowest BCUT2D eigenvalue weighted by Crippen LogP contribution is -2.12. The number of aryl methyl sites for hydroxylation is 1. The maximum atomic E-state index is 10.7. The van der Waals surface area contributed by atoms with Crippen molar-refractivity contribution >= 4 is 17.7 Å².